The molecule has 4 heteroatoms. The van der Waals surface area contributed by atoms with Crippen molar-refractivity contribution in [1.82, 2.24) is 10.2 Å². The van der Waals surface area contributed by atoms with E-state index < -0.39 is 0 Å². The lowest BCUT2D eigenvalue weighted by molar-refractivity contribution is -0.129. The van der Waals surface area contributed by atoms with Gasteiger partial charge in [-0.1, -0.05) is 13.8 Å². The lowest BCUT2D eigenvalue weighted by Gasteiger charge is -2.18. The Morgan fingerprint density at radius 2 is 2.35 bits per heavy atom. The minimum absolute atomic E-state index is 0.0412. The fraction of sp³-hybridized carbons (Fsp3) is 0.923. The molecule has 2 unspecified atom stereocenters. The van der Waals surface area contributed by atoms with Gasteiger partial charge in [-0.05, 0) is 31.6 Å². The maximum absolute atomic E-state index is 12.1. The molecule has 1 N–H and O–H groups in total. The van der Waals surface area contributed by atoms with Crippen molar-refractivity contribution < 1.29 is 9.53 Å². The van der Waals surface area contributed by atoms with Gasteiger partial charge in [-0.3, -0.25) is 10.1 Å². The van der Waals surface area contributed by atoms with Crippen molar-refractivity contribution >= 4 is 5.91 Å². The summed E-state index contributed by atoms with van der Waals surface area (Å²) in [6.07, 6.45) is 4.64. The van der Waals surface area contributed by atoms with Gasteiger partial charge in [0.2, 0.25) is 5.91 Å². The predicted octanol–water partition coefficient (Wildman–Crippen LogP) is 1.36. The molecule has 2 heterocycles. The zero-order valence-corrected chi connectivity index (χ0v) is 10.9. The van der Waals surface area contributed by atoms with Crippen molar-refractivity contribution in [2.45, 2.75) is 51.7 Å². The molecule has 0 aromatic rings. The summed E-state index contributed by atoms with van der Waals surface area (Å²) in [4.78, 5) is 14.0. The summed E-state index contributed by atoms with van der Waals surface area (Å²) >= 11 is 0. The second-order valence-electron chi connectivity index (χ2n) is 5.57. The van der Waals surface area contributed by atoms with E-state index in [-0.39, 0.29) is 11.9 Å². The van der Waals surface area contributed by atoms with Crippen LogP contribution in [0.15, 0.2) is 0 Å². The molecule has 2 fully saturated rings. The Balaban J connectivity index is 1.73. The number of amides is 1. The monoisotopic (exact) mass is 240 g/mol. The van der Waals surface area contributed by atoms with E-state index >= 15 is 0 Å². The average Bonchev–Trinajstić information content (AvgIpc) is 2.88. The Hall–Kier alpha value is -0.610. The maximum Gasteiger partial charge on any atom is 0.240 e. The zero-order chi connectivity index (χ0) is 12.3. The molecule has 0 spiro atoms. The highest BCUT2D eigenvalue weighted by atomic mass is 16.5. The summed E-state index contributed by atoms with van der Waals surface area (Å²) in [6.45, 7) is 6.76. The first-order valence-corrected chi connectivity index (χ1v) is 6.80. The maximum atomic E-state index is 12.1. The van der Waals surface area contributed by atoms with E-state index in [0.29, 0.717) is 18.7 Å². The van der Waals surface area contributed by atoms with Crippen molar-refractivity contribution in [3.63, 3.8) is 0 Å². The summed E-state index contributed by atoms with van der Waals surface area (Å²) < 4.78 is 5.58. The second kappa shape index (κ2) is 5.83. The van der Waals surface area contributed by atoms with Crippen LogP contribution >= 0.6 is 0 Å². The van der Waals surface area contributed by atoms with Crippen LogP contribution < -0.4 is 5.32 Å². The van der Waals surface area contributed by atoms with Gasteiger partial charge in [0.05, 0.1) is 18.8 Å². The van der Waals surface area contributed by atoms with E-state index in [1.165, 1.54) is 6.42 Å². The molecule has 0 bridgehead atoms. The molecule has 0 radical (unpaired) electrons. The summed E-state index contributed by atoms with van der Waals surface area (Å²) in [5.41, 5.74) is 0. The highest BCUT2D eigenvalue weighted by Gasteiger charge is 2.31. The van der Waals surface area contributed by atoms with E-state index in [9.17, 15) is 4.79 Å². The number of nitrogens with zero attached hydrogens (tertiary/aromatic N) is 1. The number of rotatable bonds is 5. The van der Waals surface area contributed by atoms with E-state index in [1.807, 2.05) is 4.90 Å². The molecule has 2 saturated heterocycles. The summed E-state index contributed by atoms with van der Waals surface area (Å²) in [5, 5.41) is 3.30. The number of hydrogen-bond acceptors (Lipinski definition) is 3. The Morgan fingerprint density at radius 1 is 1.53 bits per heavy atom. The number of ether oxygens (including phenoxy) is 1. The van der Waals surface area contributed by atoms with Crippen LogP contribution in [0.1, 0.15) is 39.5 Å². The quantitative estimate of drug-likeness (QED) is 0.789. The van der Waals surface area contributed by atoms with Gasteiger partial charge in [0.1, 0.15) is 0 Å². The molecule has 17 heavy (non-hydrogen) atoms. The average molecular weight is 240 g/mol. The van der Waals surface area contributed by atoms with Crippen LogP contribution in [-0.4, -0.2) is 42.8 Å². The van der Waals surface area contributed by atoms with Crippen LogP contribution in [0.5, 0.6) is 0 Å². The van der Waals surface area contributed by atoms with Crippen LogP contribution in [0.3, 0.4) is 0 Å². The van der Waals surface area contributed by atoms with Gasteiger partial charge in [0, 0.05) is 13.2 Å². The number of carbonyl (C=O) groups is 1. The zero-order valence-electron chi connectivity index (χ0n) is 10.9. The molecule has 2 atom stereocenters. The predicted molar refractivity (Wildman–Crippen MR) is 66.5 cm³/mol. The molecule has 0 aromatic carbocycles. The topological polar surface area (TPSA) is 41.6 Å². The third kappa shape index (κ3) is 3.42. The third-order valence-electron chi connectivity index (χ3n) is 3.59. The Morgan fingerprint density at radius 3 is 3.00 bits per heavy atom. The van der Waals surface area contributed by atoms with Gasteiger partial charge in [-0.2, -0.15) is 0 Å². The van der Waals surface area contributed by atoms with E-state index in [2.05, 4.69) is 19.2 Å². The molecule has 2 aliphatic heterocycles. The van der Waals surface area contributed by atoms with E-state index in [1.54, 1.807) is 0 Å². The minimum Gasteiger partial charge on any atom is -0.378 e. The third-order valence-corrected chi connectivity index (χ3v) is 3.59. The smallest absolute Gasteiger partial charge is 0.240 e. The molecule has 0 aromatic heterocycles. The van der Waals surface area contributed by atoms with Crippen LogP contribution in [-0.2, 0) is 9.53 Å². The minimum atomic E-state index is 0.0412. The Labute approximate surface area is 104 Å². The molecule has 4 nitrogen and oxygen atoms in total. The summed E-state index contributed by atoms with van der Waals surface area (Å²) in [7, 11) is 0. The number of nitrogens with one attached hydrogen (secondary N) is 1. The molecule has 1 amide bonds. The first-order chi connectivity index (χ1) is 8.16. The summed E-state index contributed by atoms with van der Waals surface area (Å²) in [5.74, 6) is 0.839. The van der Waals surface area contributed by atoms with Gasteiger partial charge < -0.3 is 9.64 Å². The van der Waals surface area contributed by atoms with Gasteiger partial charge in [0.15, 0.2) is 0 Å². The lowest BCUT2D eigenvalue weighted by Crippen LogP contribution is -2.33. The molecule has 0 saturated carbocycles. The lowest BCUT2D eigenvalue weighted by atomic mass is 10.0. The second-order valence-corrected chi connectivity index (χ2v) is 5.57. The van der Waals surface area contributed by atoms with Crippen molar-refractivity contribution in [2.75, 3.05) is 19.8 Å². The van der Waals surface area contributed by atoms with Crippen molar-refractivity contribution in [2.24, 2.45) is 5.92 Å². The van der Waals surface area contributed by atoms with Gasteiger partial charge in [-0.25, -0.2) is 0 Å². The van der Waals surface area contributed by atoms with Crippen LogP contribution in [0.2, 0.25) is 0 Å². The molecule has 2 rings (SSSR count). The normalized spacial score (nSPS) is 29.6. The largest absolute Gasteiger partial charge is 0.378 e. The van der Waals surface area contributed by atoms with Crippen molar-refractivity contribution in [1.29, 1.82) is 0 Å². The molecular formula is C13H24N2O2. The fourth-order valence-corrected chi connectivity index (χ4v) is 2.62. The SMILES string of the molecule is CC(C)CC1NCN(CCC2CCCO2)C1=O. The fourth-order valence-electron chi connectivity index (χ4n) is 2.62. The van der Waals surface area contributed by atoms with Gasteiger partial charge in [0.25, 0.3) is 0 Å². The molecule has 2 aliphatic rings. The summed E-state index contributed by atoms with van der Waals surface area (Å²) in [6, 6.07) is 0.0412. The molecule has 98 valence electrons. The Kier molecular flexibility index (Phi) is 4.40. The van der Waals surface area contributed by atoms with Crippen LogP contribution in [0.4, 0.5) is 0 Å². The van der Waals surface area contributed by atoms with Crippen molar-refractivity contribution in [3.8, 4) is 0 Å². The van der Waals surface area contributed by atoms with Crippen molar-refractivity contribution in [3.05, 3.63) is 0 Å². The molecular weight excluding hydrogens is 216 g/mol. The highest BCUT2D eigenvalue weighted by molar-refractivity contribution is 5.83. The van der Waals surface area contributed by atoms with E-state index in [4.69, 9.17) is 4.74 Å². The first kappa shape index (κ1) is 12.8. The standard InChI is InChI=1S/C13H24N2O2/c1-10(2)8-12-13(16)15(9-14-12)6-5-11-4-3-7-17-11/h10-12,14H,3-9H2,1-2H3. The van der Waals surface area contributed by atoms with Crippen LogP contribution in [0.25, 0.3) is 0 Å². The number of carbonyl (C=O) groups excluding carboxylic acids is 1. The van der Waals surface area contributed by atoms with Gasteiger partial charge in [-0.15, -0.1) is 0 Å². The molecule has 0 aliphatic carbocycles. The highest BCUT2D eigenvalue weighted by Crippen LogP contribution is 2.18. The first-order valence-electron chi connectivity index (χ1n) is 6.80. The van der Waals surface area contributed by atoms with Gasteiger partial charge >= 0.3 is 0 Å². The number of hydrogen-bond donors (Lipinski definition) is 1. The Bertz CT molecular complexity index is 262. The van der Waals surface area contributed by atoms with E-state index in [0.717, 1.165) is 32.4 Å². The van der Waals surface area contributed by atoms with Crippen LogP contribution in [0, 0.1) is 5.92 Å².